The second-order valence-electron chi connectivity index (χ2n) is 8.98. The molecule has 1 fully saturated rings. The normalized spacial score (nSPS) is 14.0. The molecule has 4 aromatic rings. The lowest BCUT2D eigenvalue weighted by molar-refractivity contribution is 0.573. The van der Waals surface area contributed by atoms with Crippen LogP contribution in [0.25, 0.3) is 11.2 Å². The number of rotatable bonds is 8. The van der Waals surface area contributed by atoms with E-state index < -0.39 is 0 Å². The molecule has 33 heavy (non-hydrogen) atoms. The van der Waals surface area contributed by atoms with Crippen molar-refractivity contribution in [2.45, 2.75) is 51.9 Å². The van der Waals surface area contributed by atoms with Gasteiger partial charge in [-0.1, -0.05) is 42.5 Å². The Morgan fingerprint density at radius 1 is 0.879 bits per heavy atom. The number of piperidine rings is 1. The van der Waals surface area contributed by atoms with Crippen LogP contribution >= 0.6 is 0 Å². The zero-order valence-corrected chi connectivity index (χ0v) is 19.3. The maximum Gasteiger partial charge on any atom is 0.207 e. The van der Waals surface area contributed by atoms with E-state index in [0.29, 0.717) is 5.95 Å². The quantitative estimate of drug-likeness (QED) is 0.331. The molecule has 0 aliphatic carbocycles. The summed E-state index contributed by atoms with van der Waals surface area (Å²) >= 11 is 0. The van der Waals surface area contributed by atoms with E-state index in [4.69, 9.17) is 15.0 Å². The van der Waals surface area contributed by atoms with Gasteiger partial charge in [-0.25, -0.2) is 15.0 Å². The zero-order valence-electron chi connectivity index (χ0n) is 19.3. The summed E-state index contributed by atoms with van der Waals surface area (Å²) in [7, 11) is 0. The van der Waals surface area contributed by atoms with Gasteiger partial charge in [0, 0.05) is 25.2 Å². The van der Waals surface area contributed by atoms with E-state index in [1.807, 2.05) is 6.07 Å². The van der Waals surface area contributed by atoms with Crippen LogP contribution in [0.5, 0.6) is 0 Å². The van der Waals surface area contributed by atoms with Crippen LogP contribution in [-0.4, -0.2) is 33.0 Å². The first-order valence-electron chi connectivity index (χ1n) is 12.1. The van der Waals surface area contributed by atoms with Crippen molar-refractivity contribution in [3.05, 3.63) is 71.5 Å². The molecule has 0 radical (unpaired) electrons. The summed E-state index contributed by atoms with van der Waals surface area (Å²) in [5.41, 5.74) is 5.30. The van der Waals surface area contributed by atoms with Crippen LogP contribution < -0.4 is 10.2 Å². The van der Waals surface area contributed by atoms with Gasteiger partial charge in [-0.3, -0.25) is 0 Å². The first kappa shape index (κ1) is 21.4. The Morgan fingerprint density at radius 2 is 1.70 bits per heavy atom. The van der Waals surface area contributed by atoms with Crippen molar-refractivity contribution >= 4 is 28.6 Å². The summed E-state index contributed by atoms with van der Waals surface area (Å²) in [4.78, 5) is 20.5. The van der Waals surface area contributed by atoms with Crippen LogP contribution in [0.3, 0.4) is 0 Å². The largest absolute Gasteiger partial charge is 0.355 e. The van der Waals surface area contributed by atoms with Crippen LogP contribution in [0, 0.1) is 6.92 Å². The highest BCUT2D eigenvalue weighted by Gasteiger charge is 2.20. The number of unbranched alkanes of at least 4 members (excludes halogenated alkanes) is 1. The van der Waals surface area contributed by atoms with Gasteiger partial charge < -0.3 is 15.2 Å². The molecular formula is C27H32N6. The molecule has 3 heterocycles. The van der Waals surface area contributed by atoms with Gasteiger partial charge >= 0.3 is 0 Å². The zero-order chi connectivity index (χ0) is 22.5. The third-order valence-electron chi connectivity index (χ3n) is 6.27. The Morgan fingerprint density at radius 3 is 2.52 bits per heavy atom. The van der Waals surface area contributed by atoms with Gasteiger partial charge in [0.05, 0.1) is 0 Å². The fourth-order valence-electron chi connectivity index (χ4n) is 4.54. The highest BCUT2D eigenvalue weighted by atomic mass is 15.2. The van der Waals surface area contributed by atoms with Crippen molar-refractivity contribution in [1.82, 2.24) is 19.9 Å². The van der Waals surface area contributed by atoms with Gasteiger partial charge in [0.15, 0.2) is 17.0 Å². The molecule has 0 atom stereocenters. The maximum atomic E-state index is 5.01. The summed E-state index contributed by atoms with van der Waals surface area (Å²) in [6.07, 6.45) is 7.88. The number of hydrogen-bond donors (Lipinski definition) is 2. The fraction of sp³-hybridized carbons (Fsp3) is 0.370. The van der Waals surface area contributed by atoms with Gasteiger partial charge in [-0.2, -0.15) is 0 Å². The number of fused-ring (bicyclic) bond motifs is 1. The van der Waals surface area contributed by atoms with Gasteiger partial charge in [-0.15, -0.1) is 0 Å². The van der Waals surface area contributed by atoms with Gasteiger partial charge in [-0.05, 0) is 68.7 Å². The van der Waals surface area contributed by atoms with E-state index >= 15 is 0 Å². The van der Waals surface area contributed by atoms with Crippen LogP contribution in [0.1, 0.15) is 49.1 Å². The molecule has 0 amide bonds. The second kappa shape index (κ2) is 10.0. The minimum Gasteiger partial charge on any atom is -0.355 e. The Bertz CT molecular complexity index is 1190. The van der Waals surface area contributed by atoms with Crippen molar-refractivity contribution < 1.29 is 0 Å². The highest BCUT2D eigenvalue weighted by molar-refractivity contribution is 5.86. The van der Waals surface area contributed by atoms with E-state index in [0.717, 1.165) is 67.3 Å². The monoisotopic (exact) mass is 440 g/mol. The number of nitrogens with one attached hydrogen (secondary N) is 2. The predicted octanol–water partition coefficient (Wildman–Crippen LogP) is 5.96. The molecule has 1 saturated heterocycles. The van der Waals surface area contributed by atoms with Gasteiger partial charge in [0.1, 0.15) is 5.82 Å². The third kappa shape index (κ3) is 5.33. The molecule has 1 aliphatic heterocycles. The van der Waals surface area contributed by atoms with E-state index in [2.05, 4.69) is 70.7 Å². The van der Waals surface area contributed by atoms with E-state index in [1.54, 1.807) is 0 Å². The molecule has 0 unspecified atom stereocenters. The molecule has 2 aromatic carbocycles. The summed E-state index contributed by atoms with van der Waals surface area (Å²) in [6, 6.07) is 19.0. The summed E-state index contributed by atoms with van der Waals surface area (Å²) in [5.74, 6) is 2.59. The molecule has 0 bridgehead atoms. The third-order valence-corrected chi connectivity index (χ3v) is 6.27. The van der Waals surface area contributed by atoms with Crippen LogP contribution in [0.15, 0.2) is 54.6 Å². The number of benzene rings is 2. The summed E-state index contributed by atoms with van der Waals surface area (Å²) in [5, 5.41) is 3.40. The molecule has 2 N–H and O–H groups in total. The van der Waals surface area contributed by atoms with Crippen LogP contribution in [0.2, 0.25) is 0 Å². The molecule has 1 aliphatic rings. The fourth-order valence-corrected chi connectivity index (χ4v) is 4.54. The lowest BCUT2D eigenvalue weighted by Crippen LogP contribution is -2.30. The molecule has 170 valence electrons. The molecule has 6 nitrogen and oxygen atoms in total. The first-order valence-corrected chi connectivity index (χ1v) is 12.1. The van der Waals surface area contributed by atoms with Crippen molar-refractivity contribution in [3.8, 4) is 0 Å². The number of imidazole rings is 1. The molecule has 0 saturated carbocycles. The number of anilines is 3. The number of aromatic amines is 1. The van der Waals surface area contributed by atoms with E-state index in [9.17, 15) is 0 Å². The molecule has 2 aromatic heterocycles. The summed E-state index contributed by atoms with van der Waals surface area (Å²) < 4.78 is 0. The first-order chi connectivity index (χ1) is 16.2. The Hall–Kier alpha value is -3.41. The Kier molecular flexibility index (Phi) is 6.51. The van der Waals surface area contributed by atoms with E-state index in [1.165, 1.54) is 30.4 Å². The number of H-pyrrole nitrogens is 1. The van der Waals surface area contributed by atoms with E-state index in [-0.39, 0.29) is 0 Å². The van der Waals surface area contributed by atoms with Crippen molar-refractivity contribution in [1.29, 1.82) is 0 Å². The predicted molar refractivity (Wildman–Crippen MR) is 135 cm³/mol. The van der Waals surface area contributed by atoms with Crippen molar-refractivity contribution in [2.24, 2.45) is 0 Å². The Labute approximate surface area is 195 Å². The van der Waals surface area contributed by atoms with Gasteiger partial charge in [0.2, 0.25) is 5.95 Å². The summed E-state index contributed by atoms with van der Waals surface area (Å²) in [6.45, 7) is 4.16. The standard InChI is InChI=1S/C27H32N6/c1-20-11-10-15-22(19-20)28-27-31-24-25(32-27)29-23(30-26(24)33-17-8-3-9-18-33)16-7-6-14-21-12-4-2-5-13-21/h2,4-5,10-13,15,19H,3,6-9,14,16-18H2,1H3,(H2,28,29,30,31,32). The highest BCUT2D eigenvalue weighted by Crippen LogP contribution is 2.28. The number of aromatic nitrogens is 4. The van der Waals surface area contributed by atoms with Crippen LogP contribution in [0.4, 0.5) is 17.5 Å². The van der Waals surface area contributed by atoms with Gasteiger partial charge in [0.25, 0.3) is 0 Å². The minimum atomic E-state index is 0.712. The number of nitrogens with zero attached hydrogens (tertiary/aromatic N) is 4. The average Bonchev–Trinajstić information content (AvgIpc) is 3.25. The number of hydrogen-bond acceptors (Lipinski definition) is 5. The van der Waals surface area contributed by atoms with Crippen LogP contribution in [-0.2, 0) is 12.8 Å². The molecule has 6 heteroatoms. The lowest BCUT2D eigenvalue weighted by Gasteiger charge is -2.28. The van der Waals surface area contributed by atoms with Crippen molar-refractivity contribution in [2.75, 3.05) is 23.3 Å². The average molecular weight is 441 g/mol. The Balaban J connectivity index is 1.36. The lowest BCUT2D eigenvalue weighted by atomic mass is 10.1. The SMILES string of the molecule is Cc1cccc(Nc2nc3c(N4CCCCC4)nc(CCCCc4ccccc4)nc3[nH]2)c1. The topological polar surface area (TPSA) is 69.7 Å². The smallest absolute Gasteiger partial charge is 0.207 e. The van der Waals surface area contributed by atoms with Crippen molar-refractivity contribution in [3.63, 3.8) is 0 Å². The molecule has 0 spiro atoms. The molecular weight excluding hydrogens is 408 g/mol. The molecule has 5 rings (SSSR count). The minimum absolute atomic E-state index is 0.712. The number of aryl methyl sites for hydroxylation is 3. The maximum absolute atomic E-state index is 5.01. The second-order valence-corrected chi connectivity index (χ2v) is 8.98.